The van der Waals surface area contributed by atoms with Crippen LogP contribution in [0, 0.1) is 0 Å². The number of furan rings is 2. The summed E-state index contributed by atoms with van der Waals surface area (Å²) < 4.78 is 15.4. The zero-order valence-electron chi connectivity index (χ0n) is 26.9. The van der Waals surface area contributed by atoms with Gasteiger partial charge in [0.25, 0.3) is 0 Å². The zero-order valence-corrected chi connectivity index (χ0v) is 26.9. The predicted molar refractivity (Wildman–Crippen MR) is 208 cm³/mol. The van der Waals surface area contributed by atoms with Gasteiger partial charge >= 0.3 is 0 Å². The van der Waals surface area contributed by atoms with Crippen LogP contribution in [0.4, 0.5) is 0 Å². The first-order chi connectivity index (χ1) is 25.3. The maximum Gasteiger partial charge on any atom is 0.235 e. The molecule has 0 unspecified atom stereocenters. The van der Waals surface area contributed by atoms with Crippen molar-refractivity contribution in [1.29, 1.82) is 0 Å². The molecule has 12 aromatic rings. The Labute approximate surface area is 288 Å². The third-order valence-corrected chi connectivity index (χ3v) is 11.1. The van der Waals surface area contributed by atoms with Gasteiger partial charge in [0, 0.05) is 54.0 Å². The normalized spacial score (nSPS) is 12.7. The summed E-state index contributed by atoms with van der Waals surface area (Å²) in [6.07, 6.45) is 0. The highest BCUT2D eigenvalue weighted by molar-refractivity contribution is 6.37. The molecular formula is C46H23N3O2. The number of para-hydroxylation sites is 2. The molecule has 0 saturated carbocycles. The van der Waals surface area contributed by atoms with Crippen LogP contribution in [0.3, 0.4) is 0 Å². The van der Waals surface area contributed by atoms with E-state index in [-0.39, 0.29) is 0 Å². The van der Waals surface area contributed by atoms with E-state index in [1.807, 2.05) is 12.1 Å². The Morgan fingerprint density at radius 3 is 2.02 bits per heavy atom. The third kappa shape index (κ3) is 3.13. The van der Waals surface area contributed by atoms with Crippen molar-refractivity contribution >= 4 is 98.1 Å². The van der Waals surface area contributed by atoms with Gasteiger partial charge in [-0.15, -0.1) is 0 Å². The lowest BCUT2D eigenvalue weighted by Gasteiger charge is -2.14. The van der Waals surface area contributed by atoms with Crippen LogP contribution >= 0.6 is 0 Å². The summed E-state index contributed by atoms with van der Waals surface area (Å²) in [7, 11) is 0. The molecule has 1 aliphatic carbocycles. The fourth-order valence-corrected chi connectivity index (χ4v) is 9.03. The fraction of sp³-hybridized carbons (Fsp3) is 0. The molecule has 0 fully saturated rings. The molecule has 4 aromatic heterocycles. The van der Waals surface area contributed by atoms with Gasteiger partial charge in [0.05, 0.1) is 22.2 Å². The van der Waals surface area contributed by atoms with Crippen LogP contribution in [-0.4, -0.2) is 14.5 Å². The Kier molecular flexibility index (Phi) is 4.57. The molecule has 0 bridgehead atoms. The fourth-order valence-electron chi connectivity index (χ4n) is 9.03. The molecule has 0 spiro atoms. The van der Waals surface area contributed by atoms with Crippen LogP contribution in [0.2, 0.25) is 0 Å². The standard InChI is InChI=1S/C46H23N3O2/c1-2-10-26-24(8-1)18-20-31-43(26)47-46(48-44(31)32-15-6-14-30-27-11-3-4-17-35(27)51-45(30)32)49-33-16-7-13-29-28-12-5-9-25-19-22-36-41(38(25)28)42-37(50-36)23-21-34(49)40(42)39(29)33/h1-23H. The van der Waals surface area contributed by atoms with Gasteiger partial charge < -0.3 is 8.83 Å². The molecule has 0 aliphatic heterocycles. The van der Waals surface area contributed by atoms with Crippen LogP contribution in [0.15, 0.2) is 148 Å². The maximum absolute atomic E-state index is 6.60. The van der Waals surface area contributed by atoms with E-state index in [0.717, 1.165) is 82.5 Å². The smallest absolute Gasteiger partial charge is 0.235 e. The predicted octanol–water partition coefficient (Wildman–Crippen LogP) is 12.5. The van der Waals surface area contributed by atoms with Gasteiger partial charge in [-0.25, -0.2) is 9.97 Å². The molecule has 234 valence electrons. The van der Waals surface area contributed by atoms with Crippen LogP contribution in [0.25, 0.3) is 126 Å². The van der Waals surface area contributed by atoms with Crippen molar-refractivity contribution in [1.82, 2.24) is 14.5 Å². The molecule has 0 radical (unpaired) electrons. The van der Waals surface area contributed by atoms with E-state index in [4.69, 9.17) is 18.8 Å². The summed E-state index contributed by atoms with van der Waals surface area (Å²) in [5.41, 5.74) is 10.7. The lowest BCUT2D eigenvalue weighted by atomic mass is 9.95. The van der Waals surface area contributed by atoms with E-state index < -0.39 is 0 Å². The molecule has 51 heavy (non-hydrogen) atoms. The van der Waals surface area contributed by atoms with Gasteiger partial charge in [-0.2, -0.15) is 0 Å². The van der Waals surface area contributed by atoms with Crippen molar-refractivity contribution in [3.05, 3.63) is 140 Å². The first-order valence-corrected chi connectivity index (χ1v) is 17.3. The largest absolute Gasteiger partial charge is 0.456 e. The Hall–Kier alpha value is -6.98. The zero-order chi connectivity index (χ0) is 32.9. The van der Waals surface area contributed by atoms with Crippen LogP contribution in [0.5, 0.6) is 0 Å². The molecule has 4 heterocycles. The number of benzene rings is 8. The Morgan fingerprint density at radius 2 is 1.08 bits per heavy atom. The highest BCUT2D eigenvalue weighted by Crippen LogP contribution is 2.51. The lowest BCUT2D eigenvalue weighted by molar-refractivity contribution is 0.669. The second-order valence-corrected chi connectivity index (χ2v) is 13.6. The third-order valence-electron chi connectivity index (χ3n) is 11.1. The van der Waals surface area contributed by atoms with Gasteiger partial charge in [0.2, 0.25) is 5.95 Å². The van der Waals surface area contributed by atoms with E-state index >= 15 is 0 Å². The average molecular weight is 650 g/mol. The van der Waals surface area contributed by atoms with E-state index in [2.05, 4.69) is 132 Å². The lowest BCUT2D eigenvalue weighted by Crippen LogP contribution is -2.04. The van der Waals surface area contributed by atoms with Crippen molar-refractivity contribution in [2.75, 3.05) is 0 Å². The molecular weight excluding hydrogens is 627 g/mol. The van der Waals surface area contributed by atoms with Gasteiger partial charge in [0.15, 0.2) is 0 Å². The summed E-state index contributed by atoms with van der Waals surface area (Å²) in [5, 5.41) is 12.5. The van der Waals surface area contributed by atoms with Crippen LogP contribution < -0.4 is 0 Å². The van der Waals surface area contributed by atoms with Gasteiger partial charge in [-0.1, -0.05) is 97.1 Å². The minimum absolute atomic E-state index is 0.616. The molecule has 5 nitrogen and oxygen atoms in total. The molecule has 8 aromatic carbocycles. The number of nitrogens with zero attached hydrogens (tertiary/aromatic N) is 3. The first-order valence-electron chi connectivity index (χ1n) is 17.3. The summed E-state index contributed by atoms with van der Waals surface area (Å²) in [6, 6.07) is 49.2. The minimum Gasteiger partial charge on any atom is -0.456 e. The number of rotatable bonds is 2. The molecule has 1 aliphatic rings. The number of aromatic nitrogens is 3. The van der Waals surface area contributed by atoms with E-state index in [1.54, 1.807) is 0 Å². The van der Waals surface area contributed by atoms with Crippen molar-refractivity contribution in [3.63, 3.8) is 0 Å². The number of fused-ring (bicyclic) bond motifs is 7. The monoisotopic (exact) mass is 649 g/mol. The molecule has 0 amide bonds. The van der Waals surface area contributed by atoms with Crippen molar-refractivity contribution in [2.24, 2.45) is 0 Å². The van der Waals surface area contributed by atoms with E-state index in [0.29, 0.717) is 5.95 Å². The van der Waals surface area contributed by atoms with E-state index in [1.165, 1.54) is 38.1 Å². The number of hydrogen-bond acceptors (Lipinski definition) is 4. The second kappa shape index (κ2) is 8.97. The topological polar surface area (TPSA) is 57.0 Å². The van der Waals surface area contributed by atoms with Gasteiger partial charge in [-0.05, 0) is 64.4 Å². The first kappa shape index (κ1) is 26.0. The van der Waals surface area contributed by atoms with Gasteiger partial charge in [0.1, 0.15) is 22.3 Å². The van der Waals surface area contributed by atoms with Crippen molar-refractivity contribution in [2.45, 2.75) is 0 Å². The second-order valence-electron chi connectivity index (χ2n) is 13.6. The summed E-state index contributed by atoms with van der Waals surface area (Å²) in [6.45, 7) is 0. The summed E-state index contributed by atoms with van der Waals surface area (Å²) in [4.78, 5) is 11.0. The maximum atomic E-state index is 6.60. The number of hydrogen-bond donors (Lipinski definition) is 0. The molecule has 13 rings (SSSR count). The average Bonchev–Trinajstić information content (AvgIpc) is 3.84. The Balaban J connectivity index is 1.23. The Morgan fingerprint density at radius 1 is 0.392 bits per heavy atom. The summed E-state index contributed by atoms with van der Waals surface area (Å²) >= 11 is 0. The molecule has 0 atom stereocenters. The quantitative estimate of drug-likeness (QED) is 0.175. The minimum atomic E-state index is 0.616. The Bertz CT molecular complexity index is 3550. The molecule has 5 heteroatoms. The molecule has 0 saturated heterocycles. The van der Waals surface area contributed by atoms with E-state index in [9.17, 15) is 0 Å². The van der Waals surface area contributed by atoms with Crippen molar-refractivity contribution in [3.8, 4) is 28.3 Å². The highest BCUT2D eigenvalue weighted by Gasteiger charge is 2.28. The summed E-state index contributed by atoms with van der Waals surface area (Å²) in [5.74, 6) is 0.616. The SMILES string of the molecule is c1ccc2c(c1)ccc1c(-c3cccc4c3oc3ccccc34)nc(-n3c4cccc5c4c4c6c(ccc43)oc3ccc4cccc-5c4c36)nc12. The van der Waals surface area contributed by atoms with Crippen molar-refractivity contribution < 1.29 is 8.83 Å². The molecule has 0 N–H and O–H groups in total. The highest BCUT2D eigenvalue weighted by atomic mass is 16.3. The van der Waals surface area contributed by atoms with Crippen LogP contribution in [-0.2, 0) is 0 Å². The van der Waals surface area contributed by atoms with Crippen LogP contribution in [0.1, 0.15) is 0 Å². The van der Waals surface area contributed by atoms with Gasteiger partial charge in [-0.3, -0.25) is 4.57 Å².